The van der Waals surface area contributed by atoms with Gasteiger partial charge >= 0.3 is 12.7 Å². The Labute approximate surface area is 326 Å². The normalized spacial score (nSPS) is 11.1. The summed E-state index contributed by atoms with van der Waals surface area (Å²) in [7, 11) is 3.03. The molecule has 0 unspecified atom stereocenters. The molecular weight excluding hydrogens is 912 g/mol. The number of benzene rings is 5. The molecule has 284 valence electrons. The van der Waals surface area contributed by atoms with E-state index in [1.165, 1.54) is 36.9 Å². The lowest BCUT2D eigenvalue weighted by Crippen LogP contribution is -2.17. The molecular formula is C38H31Br3F8O4. The molecule has 15 heteroatoms. The van der Waals surface area contributed by atoms with Gasteiger partial charge in [0.05, 0.1) is 18.7 Å². The van der Waals surface area contributed by atoms with Crippen molar-refractivity contribution >= 4 is 47.8 Å². The number of ether oxygens (including phenoxy) is 4. The van der Waals surface area contributed by atoms with E-state index in [0.717, 1.165) is 31.9 Å². The molecule has 0 saturated heterocycles. The lowest BCUT2D eigenvalue weighted by Gasteiger charge is -2.16. The Morgan fingerprint density at radius 2 is 0.962 bits per heavy atom. The van der Waals surface area contributed by atoms with Gasteiger partial charge in [-0.1, -0.05) is 50.1 Å². The Morgan fingerprint density at radius 3 is 1.49 bits per heavy atom. The quantitative estimate of drug-likeness (QED) is 0.159. The molecule has 4 nitrogen and oxygen atoms in total. The van der Waals surface area contributed by atoms with Crippen molar-refractivity contribution < 1.29 is 54.1 Å². The molecule has 0 heterocycles. The van der Waals surface area contributed by atoms with Crippen LogP contribution in [0, 0.1) is 39.3 Å². The average molecular weight is 943 g/mol. The van der Waals surface area contributed by atoms with Crippen molar-refractivity contribution in [2.45, 2.75) is 40.4 Å². The fourth-order valence-corrected chi connectivity index (χ4v) is 5.96. The summed E-state index contributed by atoms with van der Waals surface area (Å²) in [6.45, 7) is 7.32. The Balaban J connectivity index is 0.000000258. The van der Waals surface area contributed by atoms with E-state index < -0.39 is 30.1 Å². The zero-order chi connectivity index (χ0) is 39.8. The van der Waals surface area contributed by atoms with Crippen LogP contribution in [0.15, 0.2) is 92.3 Å². The molecule has 0 aliphatic carbocycles. The number of rotatable bonds is 6. The van der Waals surface area contributed by atoms with Gasteiger partial charge < -0.3 is 18.9 Å². The summed E-state index contributed by atoms with van der Waals surface area (Å²) in [6.07, 6.45) is -9.54. The largest absolute Gasteiger partial charge is 0.573 e. The monoisotopic (exact) mass is 940 g/mol. The molecule has 0 aliphatic heterocycles. The van der Waals surface area contributed by atoms with Gasteiger partial charge in [-0.2, -0.15) is 0 Å². The smallest absolute Gasteiger partial charge is 0.496 e. The number of hydrogen-bond donors (Lipinski definition) is 0. The summed E-state index contributed by atoms with van der Waals surface area (Å²) in [4.78, 5) is 0. The van der Waals surface area contributed by atoms with E-state index in [-0.39, 0.29) is 17.1 Å². The number of aryl methyl sites for hydroxylation is 4. The Hall–Kier alpha value is -3.82. The molecule has 5 aromatic carbocycles. The van der Waals surface area contributed by atoms with Gasteiger partial charge in [-0.3, -0.25) is 0 Å². The van der Waals surface area contributed by atoms with Gasteiger partial charge in [0, 0.05) is 31.7 Å². The molecule has 0 saturated carbocycles. The van der Waals surface area contributed by atoms with Gasteiger partial charge in [0.1, 0.15) is 34.6 Å². The van der Waals surface area contributed by atoms with E-state index in [9.17, 15) is 35.1 Å². The van der Waals surface area contributed by atoms with E-state index >= 15 is 0 Å². The Bertz CT molecular complexity index is 2050. The number of alkyl halides is 6. The summed E-state index contributed by atoms with van der Waals surface area (Å²) in [5.41, 5.74) is 4.78. The summed E-state index contributed by atoms with van der Waals surface area (Å²) in [6, 6.07) is 18.9. The van der Waals surface area contributed by atoms with E-state index in [2.05, 4.69) is 57.3 Å². The highest BCUT2D eigenvalue weighted by Gasteiger charge is 2.32. The van der Waals surface area contributed by atoms with E-state index in [1.54, 1.807) is 58.2 Å². The molecule has 0 atom stereocenters. The zero-order valence-corrected chi connectivity index (χ0v) is 33.6. The maximum atomic E-state index is 14.5. The second-order valence-electron chi connectivity index (χ2n) is 11.2. The van der Waals surface area contributed by atoms with Crippen LogP contribution in [0.1, 0.15) is 22.3 Å². The van der Waals surface area contributed by atoms with Crippen LogP contribution in [0.4, 0.5) is 35.1 Å². The van der Waals surface area contributed by atoms with Gasteiger partial charge in [0.15, 0.2) is 0 Å². The first-order valence-electron chi connectivity index (χ1n) is 15.1. The molecule has 0 bridgehead atoms. The fourth-order valence-electron chi connectivity index (χ4n) is 4.66. The fraction of sp³-hybridized carbons (Fsp3) is 0.211. The third kappa shape index (κ3) is 12.9. The lowest BCUT2D eigenvalue weighted by atomic mass is 9.93. The predicted octanol–water partition coefficient (Wildman–Crippen LogP) is 14.0. The summed E-state index contributed by atoms with van der Waals surface area (Å²) in [5.74, 6) is -1.07. The summed E-state index contributed by atoms with van der Waals surface area (Å²) < 4.78 is 122. The van der Waals surface area contributed by atoms with Crippen LogP contribution in [0.3, 0.4) is 0 Å². The first-order valence-corrected chi connectivity index (χ1v) is 17.5. The van der Waals surface area contributed by atoms with E-state index in [0.29, 0.717) is 32.8 Å². The van der Waals surface area contributed by atoms with Crippen molar-refractivity contribution in [3.63, 3.8) is 0 Å². The molecule has 5 rings (SSSR count). The highest BCUT2D eigenvalue weighted by Crippen LogP contribution is 2.40. The maximum absolute atomic E-state index is 14.5. The Kier molecular flexibility index (Phi) is 15.2. The minimum Gasteiger partial charge on any atom is -0.496 e. The van der Waals surface area contributed by atoms with Crippen LogP contribution >= 0.6 is 47.8 Å². The first kappa shape index (κ1) is 43.6. The van der Waals surface area contributed by atoms with Crippen LogP contribution in [0.5, 0.6) is 23.0 Å². The molecule has 0 radical (unpaired) electrons. The molecule has 0 N–H and O–H groups in total. The van der Waals surface area contributed by atoms with Crippen molar-refractivity contribution in [1.29, 1.82) is 0 Å². The predicted molar refractivity (Wildman–Crippen MR) is 199 cm³/mol. The topological polar surface area (TPSA) is 36.9 Å². The highest BCUT2D eigenvalue weighted by atomic mass is 79.9. The second-order valence-corrected chi connectivity index (χ2v) is 13.8. The zero-order valence-electron chi connectivity index (χ0n) is 28.8. The second kappa shape index (κ2) is 18.5. The highest BCUT2D eigenvalue weighted by molar-refractivity contribution is 9.11. The minimum absolute atomic E-state index is 0.0374. The number of hydrogen-bond acceptors (Lipinski definition) is 4. The molecule has 0 amide bonds. The Morgan fingerprint density at radius 1 is 0.453 bits per heavy atom. The summed E-state index contributed by atoms with van der Waals surface area (Å²) >= 11 is 9.92. The third-order valence-electron chi connectivity index (χ3n) is 7.24. The lowest BCUT2D eigenvalue weighted by molar-refractivity contribution is -0.275. The number of halogens is 11. The van der Waals surface area contributed by atoms with Crippen molar-refractivity contribution in [3.05, 3.63) is 126 Å². The maximum Gasteiger partial charge on any atom is 0.573 e. The van der Waals surface area contributed by atoms with Crippen molar-refractivity contribution in [1.82, 2.24) is 0 Å². The molecule has 0 aromatic heterocycles. The average Bonchev–Trinajstić information content (AvgIpc) is 3.04. The van der Waals surface area contributed by atoms with Crippen LogP contribution in [-0.4, -0.2) is 26.9 Å². The van der Waals surface area contributed by atoms with Crippen molar-refractivity contribution in [2.24, 2.45) is 0 Å². The van der Waals surface area contributed by atoms with Gasteiger partial charge in [-0.15, -0.1) is 26.3 Å². The van der Waals surface area contributed by atoms with Gasteiger partial charge in [0.2, 0.25) is 0 Å². The van der Waals surface area contributed by atoms with Crippen LogP contribution in [-0.2, 0) is 0 Å². The minimum atomic E-state index is -4.91. The SMILES string of the molecule is COc1cc(-c2ccc(C)cc2F)c(C)cc1-c1ccc(OC(F)(F)F)cc1F.COc1cc(Br)c(C)cc1Br.Cc1ccc(OC(F)(F)F)cc1Br. The van der Waals surface area contributed by atoms with Crippen molar-refractivity contribution in [3.8, 4) is 45.3 Å². The first-order chi connectivity index (χ1) is 24.6. The van der Waals surface area contributed by atoms with Gasteiger partial charge in [-0.25, -0.2) is 8.78 Å². The molecule has 0 aliphatic rings. The molecule has 5 aromatic rings. The van der Waals surface area contributed by atoms with Crippen LogP contribution < -0.4 is 18.9 Å². The molecule has 0 fully saturated rings. The standard InChI is InChI=1S/C22H17F5O2.C8H8Br2O.C8H6BrF3O/c1-12-4-6-15(19(23)8-12)17-11-21(28-3)18(9-13(17)2)16-7-5-14(10-20(16)24)29-22(25,26)27;1-5-3-7(10)8(11-2)4-6(5)9;1-5-2-3-6(4-7(5)9)13-8(10,11)12/h4-11H,1-3H3;3-4H,1-2H3;2-4H,1H3. The van der Waals surface area contributed by atoms with Gasteiger partial charge in [-0.05, 0) is 126 Å². The molecule has 0 spiro atoms. The molecule has 53 heavy (non-hydrogen) atoms. The van der Waals surface area contributed by atoms with E-state index in [1.807, 2.05) is 19.1 Å². The van der Waals surface area contributed by atoms with E-state index in [4.69, 9.17) is 9.47 Å². The van der Waals surface area contributed by atoms with Gasteiger partial charge in [0.25, 0.3) is 0 Å². The van der Waals surface area contributed by atoms with Crippen molar-refractivity contribution in [2.75, 3.05) is 14.2 Å². The number of methoxy groups -OCH3 is 2. The van der Waals surface area contributed by atoms with Crippen LogP contribution in [0.25, 0.3) is 22.3 Å². The van der Waals surface area contributed by atoms with Crippen LogP contribution in [0.2, 0.25) is 0 Å². The third-order valence-corrected chi connectivity index (χ3v) is 9.56. The summed E-state index contributed by atoms with van der Waals surface area (Å²) in [5, 5.41) is 0.